The zero-order valence-electron chi connectivity index (χ0n) is 9.40. The molecular weight excluding hydrogens is 206 g/mol. The van der Waals surface area contributed by atoms with Crippen LogP contribution >= 0.6 is 0 Å². The molecule has 0 spiro atoms. The van der Waals surface area contributed by atoms with Gasteiger partial charge in [0.2, 0.25) is 0 Å². The fraction of sp³-hybridized carbons (Fsp3) is 0.500. The monoisotopic (exact) mass is 225 g/mol. The first kappa shape index (κ1) is 12.4. The van der Waals surface area contributed by atoms with Crippen molar-refractivity contribution in [2.75, 3.05) is 18.6 Å². The standard InChI is InChI=1S/C12H19NOS/c1-11(13-8-9-15(2)14)10-12-6-4-3-5-7-12/h3-7,11,13H,8-10H2,1-2H3. The summed E-state index contributed by atoms with van der Waals surface area (Å²) in [5, 5.41) is 3.37. The SMILES string of the molecule is CC(Cc1ccccc1)NCCS(C)=O. The topological polar surface area (TPSA) is 29.1 Å². The molecule has 2 unspecified atom stereocenters. The highest BCUT2D eigenvalue weighted by Crippen LogP contribution is 2.02. The van der Waals surface area contributed by atoms with Gasteiger partial charge in [0.15, 0.2) is 0 Å². The van der Waals surface area contributed by atoms with E-state index in [1.54, 1.807) is 6.26 Å². The molecule has 1 aromatic carbocycles. The predicted molar refractivity (Wildman–Crippen MR) is 66.5 cm³/mol. The summed E-state index contributed by atoms with van der Waals surface area (Å²) >= 11 is 0. The molecule has 15 heavy (non-hydrogen) atoms. The Balaban J connectivity index is 2.24. The Morgan fingerprint density at radius 3 is 2.60 bits per heavy atom. The van der Waals surface area contributed by atoms with Crippen LogP contribution in [0.5, 0.6) is 0 Å². The molecule has 0 saturated carbocycles. The summed E-state index contributed by atoms with van der Waals surface area (Å²) in [5.41, 5.74) is 1.34. The van der Waals surface area contributed by atoms with Crippen molar-refractivity contribution in [3.05, 3.63) is 35.9 Å². The van der Waals surface area contributed by atoms with Crippen LogP contribution in [0.25, 0.3) is 0 Å². The molecule has 0 aromatic heterocycles. The van der Waals surface area contributed by atoms with E-state index in [0.717, 1.165) is 18.7 Å². The van der Waals surface area contributed by atoms with Gasteiger partial charge in [0.25, 0.3) is 0 Å². The second-order valence-corrected chi connectivity index (χ2v) is 5.38. The average Bonchev–Trinajstić information content (AvgIpc) is 2.18. The van der Waals surface area contributed by atoms with E-state index in [2.05, 4.69) is 36.5 Å². The summed E-state index contributed by atoms with van der Waals surface area (Å²) in [4.78, 5) is 0. The van der Waals surface area contributed by atoms with E-state index in [0.29, 0.717) is 6.04 Å². The fourth-order valence-electron chi connectivity index (χ4n) is 1.49. The van der Waals surface area contributed by atoms with Crippen molar-refractivity contribution in [1.29, 1.82) is 0 Å². The third-order valence-corrected chi connectivity index (χ3v) is 3.05. The third-order valence-electron chi connectivity index (χ3n) is 2.27. The smallest absolute Gasteiger partial charge is 0.0357 e. The first-order valence-corrected chi connectivity index (χ1v) is 6.98. The number of rotatable bonds is 6. The molecule has 0 bridgehead atoms. The summed E-state index contributed by atoms with van der Waals surface area (Å²) in [6.45, 7) is 2.99. The van der Waals surface area contributed by atoms with Gasteiger partial charge in [0.05, 0.1) is 0 Å². The maximum absolute atomic E-state index is 10.9. The molecule has 2 nitrogen and oxygen atoms in total. The first-order chi connectivity index (χ1) is 7.18. The van der Waals surface area contributed by atoms with Gasteiger partial charge in [-0.15, -0.1) is 0 Å². The van der Waals surface area contributed by atoms with Crippen molar-refractivity contribution in [2.24, 2.45) is 0 Å². The Bertz CT molecular complexity index is 300. The van der Waals surface area contributed by atoms with Crippen LogP contribution in [0.3, 0.4) is 0 Å². The lowest BCUT2D eigenvalue weighted by molar-refractivity contribution is 0.565. The van der Waals surface area contributed by atoms with E-state index < -0.39 is 10.8 Å². The molecule has 2 atom stereocenters. The van der Waals surface area contributed by atoms with Gasteiger partial charge >= 0.3 is 0 Å². The number of hydrogen-bond acceptors (Lipinski definition) is 2. The molecule has 0 aliphatic heterocycles. The molecule has 0 fully saturated rings. The Labute approximate surface area is 94.5 Å². The van der Waals surface area contributed by atoms with E-state index in [-0.39, 0.29) is 0 Å². The van der Waals surface area contributed by atoms with Crippen molar-refractivity contribution in [3.63, 3.8) is 0 Å². The minimum Gasteiger partial charge on any atom is -0.313 e. The lowest BCUT2D eigenvalue weighted by Gasteiger charge is -2.13. The van der Waals surface area contributed by atoms with Crippen molar-refractivity contribution < 1.29 is 4.21 Å². The van der Waals surface area contributed by atoms with E-state index in [1.165, 1.54) is 5.56 Å². The number of hydrogen-bond donors (Lipinski definition) is 1. The van der Waals surface area contributed by atoms with Crippen LogP contribution in [0.1, 0.15) is 12.5 Å². The molecule has 1 N–H and O–H groups in total. The average molecular weight is 225 g/mol. The molecule has 0 radical (unpaired) electrons. The number of nitrogens with one attached hydrogen (secondary N) is 1. The normalized spacial score (nSPS) is 14.8. The third kappa shape index (κ3) is 5.70. The van der Waals surface area contributed by atoms with Crippen LogP contribution < -0.4 is 5.32 Å². The largest absolute Gasteiger partial charge is 0.313 e. The molecule has 3 heteroatoms. The van der Waals surface area contributed by atoms with E-state index in [9.17, 15) is 4.21 Å². The van der Waals surface area contributed by atoms with Gasteiger partial charge in [-0.05, 0) is 18.9 Å². The highest BCUT2D eigenvalue weighted by atomic mass is 32.2. The lowest BCUT2D eigenvalue weighted by Crippen LogP contribution is -2.31. The van der Waals surface area contributed by atoms with Crippen molar-refractivity contribution in [3.8, 4) is 0 Å². The van der Waals surface area contributed by atoms with Crippen molar-refractivity contribution >= 4 is 10.8 Å². The Kier molecular flexibility index (Phi) is 5.58. The quantitative estimate of drug-likeness (QED) is 0.796. The second kappa shape index (κ2) is 6.75. The van der Waals surface area contributed by atoms with Crippen molar-refractivity contribution in [1.82, 2.24) is 5.32 Å². The summed E-state index contributed by atoms with van der Waals surface area (Å²) in [5.74, 6) is 0.735. The Hall–Kier alpha value is -0.670. The maximum Gasteiger partial charge on any atom is 0.0357 e. The van der Waals surface area contributed by atoms with Gasteiger partial charge in [0, 0.05) is 35.4 Å². The number of benzene rings is 1. The van der Waals surface area contributed by atoms with Gasteiger partial charge in [-0.3, -0.25) is 4.21 Å². The summed E-state index contributed by atoms with van der Waals surface area (Å²) < 4.78 is 10.9. The minimum absolute atomic E-state index is 0.441. The van der Waals surface area contributed by atoms with E-state index in [4.69, 9.17) is 0 Å². The molecule has 0 heterocycles. The zero-order valence-corrected chi connectivity index (χ0v) is 10.2. The lowest BCUT2D eigenvalue weighted by atomic mass is 10.1. The summed E-state index contributed by atoms with van der Waals surface area (Å²) in [6.07, 6.45) is 2.76. The van der Waals surface area contributed by atoms with Crippen LogP contribution in [0, 0.1) is 0 Å². The summed E-state index contributed by atoms with van der Waals surface area (Å²) in [6, 6.07) is 10.9. The molecule has 84 valence electrons. The first-order valence-electron chi connectivity index (χ1n) is 5.26. The van der Waals surface area contributed by atoms with Crippen LogP contribution in [0.4, 0.5) is 0 Å². The predicted octanol–water partition coefficient (Wildman–Crippen LogP) is 1.59. The molecule has 1 aromatic rings. The van der Waals surface area contributed by atoms with Gasteiger partial charge in [-0.1, -0.05) is 30.3 Å². The Morgan fingerprint density at radius 2 is 2.00 bits per heavy atom. The van der Waals surface area contributed by atoms with Gasteiger partial charge < -0.3 is 5.32 Å². The molecule has 0 aliphatic carbocycles. The highest BCUT2D eigenvalue weighted by molar-refractivity contribution is 7.84. The molecule has 0 amide bonds. The molecular formula is C12H19NOS. The fourth-order valence-corrected chi connectivity index (χ4v) is 1.89. The maximum atomic E-state index is 10.9. The molecule has 1 rings (SSSR count). The van der Waals surface area contributed by atoms with Gasteiger partial charge in [0.1, 0.15) is 0 Å². The zero-order chi connectivity index (χ0) is 11.1. The van der Waals surface area contributed by atoms with Crippen LogP contribution in [0.15, 0.2) is 30.3 Å². The van der Waals surface area contributed by atoms with Crippen LogP contribution in [-0.4, -0.2) is 28.8 Å². The minimum atomic E-state index is -0.691. The highest BCUT2D eigenvalue weighted by Gasteiger charge is 2.02. The molecule has 0 saturated heterocycles. The molecule has 0 aliphatic rings. The van der Waals surface area contributed by atoms with E-state index in [1.807, 2.05) is 6.07 Å². The Morgan fingerprint density at radius 1 is 1.33 bits per heavy atom. The van der Waals surface area contributed by atoms with Gasteiger partial charge in [-0.2, -0.15) is 0 Å². The summed E-state index contributed by atoms with van der Waals surface area (Å²) in [7, 11) is -0.691. The van der Waals surface area contributed by atoms with E-state index >= 15 is 0 Å². The van der Waals surface area contributed by atoms with Crippen LogP contribution in [-0.2, 0) is 17.2 Å². The van der Waals surface area contributed by atoms with Gasteiger partial charge in [-0.25, -0.2) is 0 Å². The second-order valence-electron chi connectivity index (χ2n) is 3.82. The van der Waals surface area contributed by atoms with Crippen LogP contribution in [0.2, 0.25) is 0 Å². The van der Waals surface area contributed by atoms with Crippen molar-refractivity contribution in [2.45, 2.75) is 19.4 Å².